The second-order valence-electron chi connectivity index (χ2n) is 4.99. The molecule has 1 aliphatic rings. The van der Waals surface area contributed by atoms with Gasteiger partial charge in [-0.3, -0.25) is 4.68 Å². The molecule has 0 aromatic carbocycles. The first-order valence-electron chi connectivity index (χ1n) is 6.51. The number of nitrogens with zero attached hydrogens (tertiary/aromatic N) is 2. The highest BCUT2D eigenvalue weighted by molar-refractivity contribution is 5.46. The minimum Gasteiger partial charge on any atom is -0.380 e. The minimum absolute atomic E-state index is 0.600. The quantitative estimate of drug-likeness (QED) is 0.799. The van der Waals surface area contributed by atoms with Gasteiger partial charge >= 0.3 is 0 Å². The van der Waals surface area contributed by atoms with E-state index in [0.29, 0.717) is 6.04 Å². The van der Waals surface area contributed by atoms with Crippen LogP contribution in [-0.2, 0) is 6.54 Å². The van der Waals surface area contributed by atoms with Crippen LogP contribution in [-0.4, -0.2) is 15.8 Å². The van der Waals surface area contributed by atoms with E-state index in [4.69, 9.17) is 0 Å². The lowest BCUT2D eigenvalue weighted by Crippen LogP contribution is -2.17. The maximum absolute atomic E-state index is 4.44. The van der Waals surface area contributed by atoms with E-state index in [0.717, 1.165) is 12.5 Å². The van der Waals surface area contributed by atoms with E-state index in [-0.39, 0.29) is 0 Å². The summed E-state index contributed by atoms with van der Waals surface area (Å²) in [6.45, 7) is 7.69. The van der Waals surface area contributed by atoms with Gasteiger partial charge in [-0.25, -0.2) is 0 Å². The van der Waals surface area contributed by atoms with Crippen molar-refractivity contribution in [2.45, 2.75) is 59.0 Å². The Bertz CT molecular complexity index is 339. The fraction of sp³-hybridized carbons (Fsp3) is 0.769. The van der Waals surface area contributed by atoms with Crippen LogP contribution in [0.25, 0.3) is 0 Å². The van der Waals surface area contributed by atoms with Crippen molar-refractivity contribution in [3.63, 3.8) is 0 Å². The minimum atomic E-state index is 0.600. The molecule has 0 saturated heterocycles. The molecule has 1 unspecified atom stereocenters. The first kappa shape index (κ1) is 11.5. The SMILES string of the molecule is CCCCn1ncc(NC(C)C2CC2)c1C. The molecule has 0 aliphatic heterocycles. The highest BCUT2D eigenvalue weighted by Crippen LogP contribution is 2.34. The molecule has 3 heteroatoms. The third kappa shape index (κ3) is 2.57. The van der Waals surface area contributed by atoms with Gasteiger partial charge in [0.15, 0.2) is 0 Å². The topological polar surface area (TPSA) is 29.9 Å². The van der Waals surface area contributed by atoms with E-state index in [1.54, 1.807) is 0 Å². The summed E-state index contributed by atoms with van der Waals surface area (Å²) < 4.78 is 2.12. The Morgan fingerprint density at radius 3 is 2.94 bits per heavy atom. The molecule has 1 fully saturated rings. The monoisotopic (exact) mass is 221 g/mol. The molecule has 0 radical (unpaired) electrons. The zero-order chi connectivity index (χ0) is 11.5. The van der Waals surface area contributed by atoms with E-state index in [1.807, 2.05) is 6.20 Å². The molecule has 16 heavy (non-hydrogen) atoms. The highest BCUT2D eigenvalue weighted by Gasteiger charge is 2.28. The number of rotatable bonds is 6. The summed E-state index contributed by atoms with van der Waals surface area (Å²) in [6, 6.07) is 0.600. The summed E-state index contributed by atoms with van der Waals surface area (Å²) in [4.78, 5) is 0. The van der Waals surface area contributed by atoms with Crippen LogP contribution in [0.5, 0.6) is 0 Å². The van der Waals surface area contributed by atoms with E-state index in [1.165, 1.54) is 37.1 Å². The van der Waals surface area contributed by atoms with Crippen molar-refractivity contribution >= 4 is 5.69 Å². The molecule has 1 aromatic heterocycles. The van der Waals surface area contributed by atoms with Gasteiger partial charge in [-0.1, -0.05) is 13.3 Å². The fourth-order valence-corrected chi connectivity index (χ4v) is 2.08. The second-order valence-corrected chi connectivity index (χ2v) is 4.99. The smallest absolute Gasteiger partial charge is 0.0758 e. The third-order valence-corrected chi connectivity index (χ3v) is 3.54. The Balaban J connectivity index is 1.95. The normalized spacial score (nSPS) is 17.4. The summed E-state index contributed by atoms with van der Waals surface area (Å²) in [5.74, 6) is 0.887. The molecule has 0 bridgehead atoms. The average Bonchev–Trinajstić information content (AvgIpc) is 3.06. The highest BCUT2D eigenvalue weighted by atomic mass is 15.3. The number of hydrogen-bond donors (Lipinski definition) is 1. The predicted octanol–water partition coefficient (Wildman–Crippen LogP) is 3.20. The van der Waals surface area contributed by atoms with Crippen molar-refractivity contribution < 1.29 is 0 Å². The van der Waals surface area contributed by atoms with Gasteiger partial charge < -0.3 is 5.32 Å². The zero-order valence-electron chi connectivity index (χ0n) is 10.7. The van der Waals surface area contributed by atoms with Gasteiger partial charge in [0, 0.05) is 12.6 Å². The molecular weight excluding hydrogens is 198 g/mol. The molecule has 0 amide bonds. The van der Waals surface area contributed by atoms with E-state index in [9.17, 15) is 0 Å². The molecule has 2 rings (SSSR count). The van der Waals surface area contributed by atoms with E-state index < -0.39 is 0 Å². The van der Waals surface area contributed by atoms with Crippen LogP contribution >= 0.6 is 0 Å². The van der Waals surface area contributed by atoms with E-state index >= 15 is 0 Å². The molecule has 1 aliphatic carbocycles. The van der Waals surface area contributed by atoms with Crippen LogP contribution in [0.1, 0.15) is 45.2 Å². The van der Waals surface area contributed by atoms with Gasteiger partial charge in [0.05, 0.1) is 17.6 Å². The molecule has 0 spiro atoms. The van der Waals surface area contributed by atoms with Crippen LogP contribution in [0, 0.1) is 12.8 Å². The Morgan fingerprint density at radius 1 is 1.56 bits per heavy atom. The number of aromatic nitrogens is 2. The maximum atomic E-state index is 4.44. The van der Waals surface area contributed by atoms with Crippen molar-refractivity contribution in [2.75, 3.05) is 5.32 Å². The molecule has 3 nitrogen and oxygen atoms in total. The Labute approximate surface area is 98.2 Å². The summed E-state index contributed by atoms with van der Waals surface area (Å²) in [5, 5.41) is 8.03. The third-order valence-electron chi connectivity index (χ3n) is 3.54. The van der Waals surface area contributed by atoms with Crippen LogP contribution in [0.2, 0.25) is 0 Å². The van der Waals surface area contributed by atoms with Crippen LogP contribution in [0.4, 0.5) is 5.69 Å². The fourth-order valence-electron chi connectivity index (χ4n) is 2.08. The summed E-state index contributed by atoms with van der Waals surface area (Å²) in [6.07, 6.45) is 7.18. The number of aryl methyl sites for hydroxylation is 1. The van der Waals surface area contributed by atoms with Crippen LogP contribution in [0.3, 0.4) is 0 Å². The first-order chi connectivity index (χ1) is 7.72. The molecule has 1 aromatic rings. The van der Waals surface area contributed by atoms with Gasteiger partial charge in [0.25, 0.3) is 0 Å². The zero-order valence-corrected chi connectivity index (χ0v) is 10.7. The molecule has 1 N–H and O–H groups in total. The molecule has 90 valence electrons. The predicted molar refractivity (Wildman–Crippen MR) is 67.7 cm³/mol. The van der Waals surface area contributed by atoms with Gasteiger partial charge in [0.2, 0.25) is 0 Å². The number of nitrogens with one attached hydrogen (secondary N) is 1. The Hall–Kier alpha value is -0.990. The van der Waals surface area contributed by atoms with Crippen molar-refractivity contribution in [2.24, 2.45) is 5.92 Å². The van der Waals surface area contributed by atoms with Gasteiger partial charge in [-0.15, -0.1) is 0 Å². The summed E-state index contributed by atoms with van der Waals surface area (Å²) >= 11 is 0. The number of unbranched alkanes of at least 4 members (excludes halogenated alkanes) is 1. The Kier molecular flexibility index (Phi) is 3.52. The largest absolute Gasteiger partial charge is 0.380 e. The van der Waals surface area contributed by atoms with Gasteiger partial charge in [-0.2, -0.15) is 5.10 Å². The van der Waals surface area contributed by atoms with Gasteiger partial charge in [0.1, 0.15) is 0 Å². The lowest BCUT2D eigenvalue weighted by Gasteiger charge is -2.13. The van der Waals surface area contributed by atoms with Crippen molar-refractivity contribution in [3.05, 3.63) is 11.9 Å². The molecule has 1 saturated carbocycles. The lowest BCUT2D eigenvalue weighted by atomic mass is 10.2. The van der Waals surface area contributed by atoms with Crippen molar-refractivity contribution in [1.82, 2.24) is 9.78 Å². The lowest BCUT2D eigenvalue weighted by molar-refractivity contribution is 0.559. The number of anilines is 1. The summed E-state index contributed by atoms with van der Waals surface area (Å²) in [7, 11) is 0. The van der Waals surface area contributed by atoms with Crippen molar-refractivity contribution in [3.8, 4) is 0 Å². The standard InChI is InChI=1S/C13H23N3/c1-4-5-8-16-11(3)13(9-14-16)15-10(2)12-6-7-12/h9-10,12,15H,4-8H2,1-3H3. The van der Waals surface area contributed by atoms with Crippen LogP contribution in [0.15, 0.2) is 6.20 Å². The maximum Gasteiger partial charge on any atom is 0.0758 e. The number of hydrogen-bond acceptors (Lipinski definition) is 2. The molecular formula is C13H23N3. The Morgan fingerprint density at radius 2 is 2.31 bits per heavy atom. The van der Waals surface area contributed by atoms with E-state index in [2.05, 4.69) is 35.9 Å². The molecule has 1 heterocycles. The second kappa shape index (κ2) is 4.89. The average molecular weight is 221 g/mol. The molecule has 1 atom stereocenters. The van der Waals surface area contributed by atoms with Crippen LogP contribution < -0.4 is 5.32 Å². The first-order valence-corrected chi connectivity index (χ1v) is 6.51. The van der Waals surface area contributed by atoms with Crippen molar-refractivity contribution in [1.29, 1.82) is 0 Å². The summed E-state index contributed by atoms with van der Waals surface area (Å²) in [5.41, 5.74) is 2.50. The van der Waals surface area contributed by atoms with Gasteiger partial charge in [-0.05, 0) is 39.0 Å².